The fourth-order valence-electron chi connectivity index (χ4n) is 1.91. The molecule has 0 aliphatic rings. The van der Waals surface area contributed by atoms with E-state index in [0.29, 0.717) is 0 Å². The molecule has 1 aromatic rings. The molecule has 0 amide bonds. The second kappa shape index (κ2) is 5.02. The second-order valence-electron chi connectivity index (χ2n) is 5.36. The molecule has 0 saturated heterocycles. The van der Waals surface area contributed by atoms with E-state index in [0.717, 1.165) is 16.9 Å². The van der Waals surface area contributed by atoms with Crippen molar-refractivity contribution in [1.82, 2.24) is 0 Å². The van der Waals surface area contributed by atoms with Crippen molar-refractivity contribution in [2.75, 3.05) is 0 Å². The van der Waals surface area contributed by atoms with E-state index in [2.05, 4.69) is 33.9 Å². The average Bonchev–Trinajstić information content (AvgIpc) is 2.14. The van der Waals surface area contributed by atoms with Gasteiger partial charge in [-0.3, -0.25) is 0 Å². The van der Waals surface area contributed by atoms with Crippen LogP contribution in [0.15, 0.2) is 18.2 Å². The van der Waals surface area contributed by atoms with Crippen molar-refractivity contribution in [3.05, 3.63) is 29.3 Å². The zero-order valence-electron chi connectivity index (χ0n) is 10.9. The van der Waals surface area contributed by atoms with Crippen LogP contribution in [0.3, 0.4) is 0 Å². The molecule has 2 nitrogen and oxygen atoms in total. The molecule has 0 saturated carbocycles. The maximum Gasteiger partial charge on any atom is 0.229 e. The molecular weight excluding hydrogens is 216 g/mol. The summed E-state index contributed by atoms with van der Waals surface area (Å²) < 4.78 is 5.94. The first-order chi connectivity index (χ1) is 7.36. The molecule has 0 heterocycles. The average molecular weight is 238 g/mol. The van der Waals surface area contributed by atoms with Gasteiger partial charge in [-0.2, -0.15) is 0 Å². The molecule has 0 atom stereocenters. The quantitative estimate of drug-likeness (QED) is 0.821. The Morgan fingerprint density at radius 1 is 1.25 bits per heavy atom. The van der Waals surface area contributed by atoms with E-state index in [1.165, 1.54) is 0 Å². The van der Waals surface area contributed by atoms with Crippen molar-refractivity contribution < 1.29 is 9.53 Å². The molecule has 0 unspecified atom stereocenters. The molecule has 0 bridgehead atoms. The lowest BCUT2D eigenvalue weighted by Crippen LogP contribution is -2.20. The van der Waals surface area contributed by atoms with E-state index in [4.69, 9.17) is 4.43 Å². The van der Waals surface area contributed by atoms with Gasteiger partial charge in [-0.25, -0.2) is 0 Å². The molecule has 0 spiro atoms. The third-order valence-corrected chi connectivity index (χ3v) is 3.12. The monoisotopic (exact) mass is 238 g/mol. The Balaban J connectivity index is 3.26. The lowest BCUT2D eigenvalue weighted by Gasteiger charge is -2.26. The summed E-state index contributed by atoms with van der Waals surface area (Å²) in [6, 6.07) is 5.93. The van der Waals surface area contributed by atoms with Crippen LogP contribution in [0.25, 0.3) is 0 Å². The Morgan fingerprint density at radius 2 is 1.88 bits per heavy atom. The van der Waals surface area contributed by atoms with Crippen LogP contribution in [0.2, 0.25) is 13.1 Å². The third kappa shape index (κ3) is 3.09. The highest BCUT2D eigenvalue weighted by Gasteiger charge is 2.22. The van der Waals surface area contributed by atoms with Gasteiger partial charge in [-0.1, -0.05) is 32.9 Å². The van der Waals surface area contributed by atoms with Crippen LogP contribution in [0, 0.1) is 0 Å². The van der Waals surface area contributed by atoms with Gasteiger partial charge in [-0.05, 0) is 30.1 Å². The molecule has 0 aliphatic heterocycles. The van der Waals surface area contributed by atoms with Crippen molar-refractivity contribution in [2.24, 2.45) is 0 Å². The first kappa shape index (κ1) is 13.3. The molecule has 3 heteroatoms. The summed E-state index contributed by atoms with van der Waals surface area (Å²) in [6.07, 6.45) is 0. The van der Waals surface area contributed by atoms with Gasteiger partial charge < -0.3 is 9.53 Å². The lowest BCUT2D eigenvalue weighted by atomic mass is 9.83. The fraction of sp³-hybridized carbons (Fsp3) is 0.538. The summed E-state index contributed by atoms with van der Waals surface area (Å²) in [5.74, 6) is 0.945. The van der Waals surface area contributed by atoms with E-state index in [1.807, 2.05) is 18.2 Å². The van der Waals surface area contributed by atoms with Gasteiger partial charge in [-0.15, -0.1) is 0 Å². The highest BCUT2D eigenvalue weighted by Crippen LogP contribution is 2.34. The molecular formula is C13H22O2Si. The molecule has 1 N–H and O–H groups in total. The Morgan fingerprint density at radius 3 is 2.31 bits per heavy atom. The maximum atomic E-state index is 9.40. The molecule has 90 valence electrons. The van der Waals surface area contributed by atoms with Crippen molar-refractivity contribution in [2.45, 2.75) is 45.9 Å². The smallest absolute Gasteiger partial charge is 0.229 e. The zero-order valence-corrected chi connectivity index (χ0v) is 12.0. The first-order valence-electron chi connectivity index (χ1n) is 5.76. The summed E-state index contributed by atoms with van der Waals surface area (Å²) in [5.41, 5.74) is 2.11. The Labute approximate surface area is 100.0 Å². The minimum atomic E-state index is -1.11. The van der Waals surface area contributed by atoms with E-state index >= 15 is 0 Å². The number of hydrogen-bond donors (Lipinski definition) is 1. The Bertz CT molecular complexity index is 353. The predicted octanol–water partition coefficient (Wildman–Crippen LogP) is 2.84. The highest BCUT2D eigenvalue weighted by molar-refractivity contribution is 6.49. The standard InChI is InChI=1S/C13H22O2Si/c1-13(2,3)12-10(9-14)7-6-8-11(12)15-16(4)5/h6-8,14,16H,9H2,1-5H3. The van der Waals surface area contributed by atoms with E-state index < -0.39 is 9.04 Å². The van der Waals surface area contributed by atoms with Gasteiger partial charge in [0.25, 0.3) is 0 Å². The van der Waals surface area contributed by atoms with Crippen LogP contribution < -0.4 is 4.43 Å². The Kier molecular flexibility index (Phi) is 4.16. The molecule has 1 rings (SSSR count). The minimum absolute atomic E-state index is 0.00204. The Hall–Kier alpha value is -0.803. The zero-order chi connectivity index (χ0) is 12.3. The molecule has 0 aliphatic carbocycles. The van der Waals surface area contributed by atoms with Crippen LogP contribution >= 0.6 is 0 Å². The normalized spacial score (nSPS) is 11.9. The van der Waals surface area contributed by atoms with Gasteiger partial charge in [0.15, 0.2) is 0 Å². The summed E-state index contributed by atoms with van der Waals surface area (Å²) in [4.78, 5) is 0. The summed E-state index contributed by atoms with van der Waals surface area (Å²) in [6.45, 7) is 10.8. The van der Waals surface area contributed by atoms with E-state index in [1.54, 1.807) is 0 Å². The lowest BCUT2D eigenvalue weighted by molar-refractivity contribution is 0.277. The predicted molar refractivity (Wildman–Crippen MR) is 70.6 cm³/mol. The van der Waals surface area contributed by atoms with Gasteiger partial charge >= 0.3 is 0 Å². The minimum Gasteiger partial charge on any atom is -0.547 e. The fourth-order valence-corrected chi connectivity index (χ4v) is 2.62. The van der Waals surface area contributed by atoms with E-state index in [-0.39, 0.29) is 12.0 Å². The van der Waals surface area contributed by atoms with E-state index in [9.17, 15) is 5.11 Å². The van der Waals surface area contributed by atoms with Crippen molar-refractivity contribution in [3.8, 4) is 5.75 Å². The molecule has 0 aromatic heterocycles. The molecule has 0 radical (unpaired) electrons. The van der Waals surface area contributed by atoms with Crippen LogP contribution in [-0.2, 0) is 12.0 Å². The van der Waals surface area contributed by atoms with Gasteiger partial charge in [0.1, 0.15) is 5.75 Å². The number of benzene rings is 1. The van der Waals surface area contributed by atoms with Gasteiger partial charge in [0, 0.05) is 5.56 Å². The van der Waals surface area contributed by atoms with Crippen LogP contribution in [0.5, 0.6) is 5.75 Å². The second-order valence-corrected chi connectivity index (χ2v) is 7.70. The molecule has 16 heavy (non-hydrogen) atoms. The summed E-state index contributed by atoms with van der Waals surface area (Å²) >= 11 is 0. The van der Waals surface area contributed by atoms with Gasteiger partial charge in [0.2, 0.25) is 9.04 Å². The van der Waals surface area contributed by atoms with Crippen LogP contribution in [0.1, 0.15) is 31.9 Å². The van der Waals surface area contributed by atoms with Crippen molar-refractivity contribution in [3.63, 3.8) is 0 Å². The van der Waals surface area contributed by atoms with Crippen molar-refractivity contribution >= 4 is 9.04 Å². The number of rotatable bonds is 3. The van der Waals surface area contributed by atoms with Crippen molar-refractivity contribution in [1.29, 1.82) is 0 Å². The molecule has 1 aromatic carbocycles. The summed E-state index contributed by atoms with van der Waals surface area (Å²) in [5, 5.41) is 9.40. The number of aliphatic hydroxyl groups excluding tert-OH is 1. The van der Waals surface area contributed by atoms with Gasteiger partial charge in [0.05, 0.1) is 6.61 Å². The largest absolute Gasteiger partial charge is 0.547 e. The number of hydrogen-bond acceptors (Lipinski definition) is 2. The molecule has 0 fully saturated rings. The topological polar surface area (TPSA) is 29.5 Å². The third-order valence-electron chi connectivity index (χ3n) is 2.40. The first-order valence-corrected chi connectivity index (χ1v) is 8.54. The highest BCUT2D eigenvalue weighted by atomic mass is 28.3. The summed E-state index contributed by atoms with van der Waals surface area (Å²) in [7, 11) is -1.11. The van der Waals surface area contributed by atoms with Crippen LogP contribution in [0.4, 0.5) is 0 Å². The maximum absolute atomic E-state index is 9.40. The van der Waals surface area contributed by atoms with Crippen LogP contribution in [-0.4, -0.2) is 14.1 Å². The number of aliphatic hydroxyl groups is 1. The SMILES string of the molecule is C[SiH](C)Oc1cccc(CO)c1C(C)(C)C.